The van der Waals surface area contributed by atoms with E-state index in [1.807, 2.05) is 30.8 Å². The molecule has 1 aliphatic heterocycles. The topological polar surface area (TPSA) is 43.0 Å². The summed E-state index contributed by atoms with van der Waals surface area (Å²) < 4.78 is 8.70. The minimum Gasteiger partial charge on any atom is -0.460 e. The van der Waals surface area contributed by atoms with Crippen LogP contribution in [0.15, 0.2) is 21.0 Å². The Labute approximate surface area is 121 Å². The number of furan rings is 1. The molecule has 1 fully saturated rings. The average Bonchev–Trinajstić information content (AvgIpc) is 2.95. The minimum absolute atomic E-state index is 0.485. The first-order valence-electron chi connectivity index (χ1n) is 6.66. The largest absolute Gasteiger partial charge is 0.460 e. The number of nitrogens with one attached hydrogen (secondary N) is 1. The quantitative estimate of drug-likeness (QED) is 0.922. The van der Waals surface area contributed by atoms with Crippen LogP contribution in [0, 0.1) is 6.92 Å². The molecule has 3 rings (SSSR count). The van der Waals surface area contributed by atoms with Crippen LogP contribution in [0.3, 0.4) is 0 Å². The summed E-state index contributed by atoms with van der Waals surface area (Å²) in [4.78, 5) is 0. The van der Waals surface area contributed by atoms with Gasteiger partial charge in [0.25, 0.3) is 0 Å². The molecule has 1 unspecified atom stereocenters. The Morgan fingerprint density at radius 1 is 1.47 bits per heavy atom. The van der Waals surface area contributed by atoms with Crippen molar-refractivity contribution in [1.29, 1.82) is 0 Å². The Balaban J connectivity index is 2.00. The molecule has 19 heavy (non-hydrogen) atoms. The number of rotatable bonds is 2. The Morgan fingerprint density at radius 2 is 2.32 bits per heavy atom. The van der Waals surface area contributed by atoms with Gasteiger partial charge in [0.15, 0.2) is 5.76 Å². The second-order valence-corrected chi connectivity index (χ2v) is 5.92. The van der Waals surface area contributed by atoms with Crippen LogP contribution in [0.25, 0.3) is 11.5 Å². The van der Waals surface area contributed by atoms with E-state index in [1.54, 1.807) is 0 Å². The number of aromatic nitrogens is 2. The van der Waals surface area contributed by atoms with Crippen molar-refractivity contribution in [2.24, 2.45) is 7.05 Å². The molecule has 5 heteroatoms. The molecule has 1 aliphatic rings. The summed E-state index contributed by atoms with van der Waals surface area (Å²) in [6.07, 6.45) is 2.40. The smallest absolute Gasteiger partial charge is 0.153 e. The normalized spacial score (nSPS) is 19.8. The van der Waals surface area contributed by atoms with Crippen LogP contribution in [0.2, 0.25) is 0 Å². The third-order valence-corrected chi connectivity index (χ3v) is 4.45. The van der Waals surface area contributed by atoms with Crippen LogP contribution >= 0.6 is 15.9 Å². The molecule has 3 heterocycles. The standard InChI is InChI=1S/C14H18BrN3O/c1-9-5-6-11(19-9)14-12(15)13(17-18(14)2)10-4-3-7-16-8-10/h5-6,10,16H,3-4,7-8H2,1-2H3. The highest BCUT2D eigenvalue weighted by molar-refractivity contribution is 9.10. The van der Waals surface area contributed by atoms with Gasteiger partial charge < -0.3 is 9.73 Å². The molecule has 0 aliphatic carbocycles. The zero-order valence-corrected chi connectivity index (χ0v) is 12.8. The maximum atomic E-state index is 5.73. The highest BCUT2D eigenvalue weighted by Crippen LogP contribution is 2.36. The summed E-state index contributed by atoms with van der Waals surface area (Å²) in [5.41, 5.74) is 2.16. The van der Waals surface area contributed by atoms with E-state index in [0.717, 1.165) is 40.5 Å². The van der Waals surface area contributed by atoms with Gasteiger partial charge in [0.1, 0.15) is 11.5 Å². The fourth-order valence-corrected chi connectivity index (χ4v) is 3.55. The van der Waals surface area contributed by atoms with Crippen molar-refractivity contribution >= 4 is 15.9 Å². The van der Waals surface area contributed by atoms with Gasteiger partial charge >= 0.3 is 0 Å². The number of aryl methyl sites for hydroxylation is 2. The van der Waals surface area contributed by atoms with Crippen LogP contribution in [0.5, 0.6) is 0 Å². The zero-order chi connectivity index (χ0) is 13.4. The van der Waals surface area contributed by atoms with Gasteiger partial charge in [-0.3, -0.25) is 4.68 Å². The van der Waals surface area contributed by atoms with Crippen LogP contribution < -0.4 is 5.32 Å². The molecule has 1 saturated heterocycles. The van der Waals surface area contributed by atoms with E-state index < -0.39 is 0 Å². The van der Waals surface area contributed by atoms with Gasteiger partial charge in [0.2, 0.25) is 0 Å². The first kappa shape index (κ1) is 12.9. The lowest BCUT2D eigenvalue weighted by molar-refractivity contribution is 0.450. The van der Waals surface area contributed by atoms with E-state index in [1.165, 1.54) is 12.8 Å². The van der Waals surface area contributed by atoms with Gasteiger partial charge in [0, 0.05) is 19.5 Å². The lowest BCUT2D eigenvalue weighted by Gasteiger charge is -2.21. The van der Waals surface area contributed by atoms with E-state index in [0.29, 0.717) is 5.92 Å². The van der Waals surface area contributed by atoms with Crippen LogP contribution in [0.1, 0.15) is 30.2 Å². The highest BCUT2D eigenvalue weighted by Gasteiger charge is 2.25. The number of hydrogen-bond acceptors (Lipinski definition) is 3. The first-order valence-corrected chi connectivity index (χ1v) is 7.46. The molecule has 0 spiro atoms. The molecule has 2 aromatic rings. The molecule has 4 nitrogen and oxygen atoms in total. The predicted molar refractivity (Wildman–Crippen MR) is 78.2 cm³/mol. The third kappa shape index (κ3) is 2.37. The molecule has 0 bridgehead atoms. The SMILES string of the molecule is Cc1ccc(-c2c(Br)c(C3CCCNC3)nn2C)o1. The van der Waals surface area contributed by atoms with E-state index in [4.69, 9.17) is 4.42 Å². The fourth-order valence-electron chi connectivity index (χ4n) is 2.69. The Kier molecular flexibility index (Phi) is 3.50. The summed E-state index contributed by atoms with van der Waals surface area (Å²) in [6, 6.07) is 3.98. The summed E-state index contributed by atoms with van der Waals surface area (Å²) in [5.74, 6) is 2.28. The van der Waals surface area contributed by atoms with Crippen LogP contribution in [-0.4, -0.2) is 22.9 Å². The molecule has 2 aromatic heterocycles. The number of hydrogen-bond donors (Lipinski definition) is 1. The summed E-state index contributed by atoms with van der Waals surface area (Å²) >= 11 is 3.71. The van der Waals surface area contributed by atoms with Crippen LogP contribution in [0.4, 0.5) is 0 Å². The summed E-state index contributed by atoms with van der Waals surface area (Å²) in [5, 5.41) is 8.13. The number of piperidine rings is 1. The average molecular weight is 324 g/mol. The van der Waals surface area contributed by atoms with Crippen molar-refractivity contribution in [3.63, 3.8) is 0 Å². The molecule has 1 N–H and O–H groups in total. The molecule has 0 amide bonds. The van der Waals surface area contributed by atoms with Crippen LogP contribution in [-0.2, 0) is 7.05 Å². The van der Waals surface area contributed by atoms with E-state index >= 15 is 0 Å². The summed E-state index contributed by atoms with van der Waals surface area (Å²) in [7, 11) is 1.97. The van der Waals surface area contributed by atoms with Gasteiger partial charge in [-0.25, -0.2) is 0 Å². The van der Waals surface area contributed by atoms with Crippen molar-refractivity contribution in [2.45, 2.75) is 25.7 Å². The maximum Gasteiger partial charge on any atom is 0.153 e. The van der Waals surface area contributed by atoms with Crippen molar-refractivity contribution in [2.75, 3.05) is 13.1 Å². The second kappa shape index (κ2) is 5.13. The van der Waals surface area contributed by atoms with Gasteiger partial charge in [-0.15, -0.1) is 0 Å². The first-order chi connectivity index (χ1) is 9.16. The lowest BCUT2D eigenvalue weighted by Crippen LogP contribution is -2.28. The van der Waals surface area contributed by atoms with Gasteiger partial charge in [-0.2, -0.15) is 5.10 Å². The number of nitrogens with zero attached hydrogens (tertiary/aromatic N) is 2. The van der Waals surface area contributed by atoms with E-state index in [2.05, 4.69) is 26.3 Å². The monoisotopic (exact) mass is 323 g/mol. The minimum atomic E-state index is 0.485. The molecule has 0 radical (unpaired) electrons. The molecule has 1 atom stereocenters. The van der Waals surface area contributed by atoms with Gasteiger partial charge in [-0.05, 0) is 54.4 Å². The van der Waals surface area contributed by atoms with Gasteiger partial charge in [0.05, 0.1) is 10.2 Å². The van der Waals surface area contributed by atoms with Crippen molar-refractivity contribution in [3.05, 3.63) is 28.1 Å². The third-order valence-electron chi connectivity index (χ3n) is 3.67. The predicted octanol–water partition coefficient (Wildman–Crippen LogP) is 3.22. The molecule has 0 saturated carbocycles. The molecular formula is C14H18BrN3O. The Bertz CT molecular complexity index is 582. The zero-order valence-electron chi connectivity index (χ0n) is 11.2. The maximum absolute atomic E-state index is 5.73. The van der Waals surface area contributed by atoms with E-state index in [9.17, 15) is 0 Å². The lowest BCUT2D eigenvalue weighted by atomic mass is 9.96. The molecular weight excluding hydrogens is 306 g/mol. The Morgan fingerprint density at radius 3 is 2.95 bits per heavy atom. The van der Waals surface area contributed by atoms with E-state index in [-0.39, 0.29) is 0 Å². The molecule has 102 valence electrons. The summed E-state index contributed by atoms with van der Waals surface area (Å²) in [6.45, 7) is 4.08. The van der Waals surface area contributed by atoms with Crippen molar-refractivity contribution in [3.8, 4) is 11.5 Å². The highest BCUT2D eigenvalue weighted by atomic mass is 79.9. The molecule has 0 aromatic carbocycles. The van der Waals surface area contributed by atoms with Crippen molar-refractivity contribution in [1.82, 2.24) is 15.1 Å². The Hall–Kier alpha value is -1.07. The second-order valence-electron chi connectivity index (χ2n) is 5.13. The van der Waals surface area contributed by atoms with Crippen molar-refractivity contribution < 1.29 is 4.42 Å². The van der Waals surface area contributed by atoms with Gasteiger partial charge in [-0.1, -0.05) is 0 Å². The number of halogens is 1. The fraction of sp³-hybridized carbons (Fsp3) is 0.500.